The zero-order valence-electron chi connectivity index (χ0n) is 20.1. The van der Waals surface area contributed by atoms with Crippen molar-refractivity contribution in [2.45, 2.75) is 56.4 Å². The lowest BCUT2D eigenvalue weighted by molar-refractivity contribution is 0.102. The molecule has 0 bridgehead atoms. The highest BCUT2D eigenvalue weighted by Gasteiger charge is 2.19. The number of nitrogens with one attached hydrogen (secondary N) is 2. The fourth-order valence-electron chi connectivity index (χ4n) is 3.79. The van der Waals surface area contributed by atoms with Gasteiger partial charge >= 0.3 is 0 Å². The predicted molar refractivity (Wildman–Crippen MR) is 144 cm³/mol. The maximum atomic E-state index is 13.1. The molecular formula is C26H37N3O2S2. The lowest BCUT2D eigenvalue weighted by atomic mass is 10.1. The second-order valence-electron chi connectivity index (χ2n) is 8.33. The average molecular weight is 488 g/mol. The van der Waals surface area contributed by atoms with Gasteiger partial charge in [0.25, 0.3) is 5.91 Å². The van der Waals surface area contributed by atoms with E-state index in [4.69, 9.17) is 4.74 Å². The van der Waals surface area contributed by atoms with Crippen molar-refractivity contribution in [3.63, 3.8) is 0 Å². The highest BCUT2D eigenvalue weighted by atomic mass is 32.2. The molecule has 2 N–H and O–H groups in total. The van der Waals surface area contributed by atoms with Gasteiger partial charge in [0.15, 0.2) is 0 Å². The summed E-state index contributed by atoms with van der Waals surface area (Å²) < 4.78 is 8.10. The maximum absolute atomic E-state index is 13.1. The number of hydrogen-bond acceptors (Lipinski definition) is 6. The topological polar surface area (TPSA) is 53.6 Å². The van der Waals surface area contributed by atoms with Crippen LogP contribution in [0.2, 0.25) is 0 Å². The molecule has 1 saturated heterocycles. The van der Waals surface area contributed by atoms with Gasteiger partial charge in [-0.3, -0.25) is 4.79 Å². The number of thioether (sulfide) groups is 1. The Morgan fingerprint density at radius 1 is 1.15 bits per heavy atom. The number of carbonyl (C=O) groups is 1. The van der Waals surface area contributed by atoms with Crippen LogP contribution >= 0.6 is 23.7 Å². The first-order valence-electron chi connectivity index (χ1n) is 11.9. The van der Waals surface area contributed by atoms with Crippen LogP contribution in [0.25, 0.3) is 0 Å². The van der Waals surface area contributed by atoms with Crippen LogP contribution in [0.5, 0.6) is 5.75 Å². The first-order chi connectivity index (χ1) is 16.1. The predicted octanol–water partition coefficient (Wildman–Crippen LogP) is 6.46. The number of unbranched alkanes of at least 4 members (excludes halogenated alkanes) is 4. The minimum absolute atomic E-state index is 0.115. The maximum Gasteiger partial charge on any atom is 0.257 e. The van der Waals surface area contributed by atoms with Gasteiger partial charge in [0.05, 0.1) is 11.3 Å². The largest absolute Gasteiger partial charge is 0.489 e. The van der Waals surface area contributed by atoms with Crippen molar-refractivity contribution in [2.75, 3.05) is 41.8 Å². The van der Waals surface area contributed by atoms with Crippen LogP contribution in [0.15, 0.2) is 47.4 Å². The summed E-state index contributed by atoms with van der Waals surface area (Å²) in [7, 11) is 1.96. The van der Waals surface area contributed by atoms with Crippen LogP contribution < -0.4 is 19.7 Å². The fraction of sp³-hybridized carbons (Fsp3) is 0.500. The Morgan fingerprint density at radius 2 is 1.94 bits per heavy atom. The van der Waals surface area contributed by atoms with Crippen molar-refractivity contribution in [2.24, 2.45) is 0 Å². The van der Waals surface area contributed by atoms with Crippen molar-refractivity contribution in [3.8, 4) is 5.75 Å². The van der Waals surface area contributed by atoms with E-state index in [9.17, 15) is 4.79 Å². The molecule has 0 aromatic heterocycles. The van der Waals surface area contributed by atoms with Crippen LogP contribution in [0.3, 0.4) is 0 Å². The summed E-state index contributed by atoms with van der Waals surface area (Å²) >= 11 is 3.45. The third kappa shape index (κ3) is 8.16. The van der Waals surface area contributed by atoms with Gasteiger partial charge < -0.3 is 19.7 Å². The summed E-state index contributed by atoms with van der Waals surface area (Å²) in [6.45, 7) is 4.09. The summed E-state index contributed by atoms with van der Waals surface area (Å²) in [5.41, 5.74) is 2.29. The highest BCUT2D eigenvalue weighted by Crippen LogP contribution is 2.30. The van der Waals surface area contributed by atoms with Crippen molar-refractivity contribution >= 4 is 41.0 Å². The third-order valence-corrected chi connectivity index (χ3v) is 7.62. The minimum atomic E-state index is -0.115. The molecule has 1 fully saturated rings. The number of hydrogen-bond donors (Lipinski definition) is 2. The Morgan fingerprint density at radius 3 is 2.64 bits per heavy atom. The van der Waals surface area contributed by atoms with Crippen LogP contribution in [0.1, 0.15) is 55.8 Å². The Balaban J connectivity index is 1.59. The molecule has 3 rings (SSSR count). The van der Waals surface area contributed by atoms with E-state index in [0.717, 1.165) is 42.4 Å². The molecule has 1 aliphatic heterocycles. The quantitative estimate of drug-likeness (QED) is 0.192. The van der Waals surface area contributed by atoms with Gasteiger partial charge in [0.1, 0.15) is 11.9 Å². The van der Waals surface area contributed by atoms with Gasteiger partial charge in [-0.2, -0.15) is 0 Å². The molecule has 0 spiro atoms. The summed E-state index contributed by atoms with van der Waals surface area (Å²) in [4.78, 5) is 14.3. The summed E-state index contributed by atoms with van der Waals surface area (Å²) in [6, 6.07) is 13.9. The SMILES string of the molecule is CCCCCCCSc1ccc(NC(=O)c2ccc(OC3CCNC3)cc2N(C)SC)cc1. The molecule has 0 radical (unpaired) electrons. The molecule has 1 heterocycles. The van der Waals surface area contributed by atoms with E-state index in [1.54, 1.807) is 11.9 Å². The number of amides is 1. The van der Waals surface area contributed by atoms with Crippen molar-refractivity contribution in [1.29, 1.82) is 0 Å². The Kier molecular flexibility index (Phi) is 10.8. The zero-order valence-corrected chi connectivity index (χ0v) is 21.7. The number of benzene rings is 2. The van der Waals surface area contributed by atoms with Crippen LogP contribution in [0.4, 0.5) is 11.4 Å². The molecule has 1 unspecified atom stereocenters. The normalized spacial score (nSPS) is 15.4. The van der Waals surface area contributed by atoms with Crippen molar-refractivity contribution in [3.05, 3.63) is 48.0 Å². The molecule has 2 aromatic carbocycles. The molecule has 1 atom stereocenters. The summed E-state index contributed by atoms with van der Waals surface area (Å²) in [5, 5.41) is 6.37. The monoisotopic (exact) mass is 487 g/mol. The average Bonchev–Trinajstić information content (AvgIpc) is 3.34. The summed E-state index contributed by atoms with van der Waals surface area (Å²) in [6.07, 6.45) is 9.70. The Hall–Kier alpha value is -1.83. The van der Waals surface area contributed by atoms with Crippen molar-refractivity contribution < 1.29 is 9.53 Å². The molecule has 7 heteroatoms. The smallest absolute Gasteiger partial charge is 0.257 e. The second kappa shape index (κ2) is 13.8. The zero-order chi connectivity index (χ0) is 23.5. The van der Waals surface area contributed by atoms with E-state index in [-0.39, 0.29) is 12.0 Å². The molecule has 180 valence electrons. The third-order valence-electron chi connectivity index (χ3n) is 5.77. The van der Waals surface area contributed by atoms with E-state index >= 15 is 0 Å². The van der Waals surface area contributed by atoms with E-state index < -0.39 is 0 Å². The number of anilines is 2. The minimum Gasteiger partial charge on any atom is -0.489 e. The number of rotatable bonds is 13. The molecule has 0 saturated carbocycles. The lowest BCUT2D eigenvalue weighted by Gasteiger charge is -2.21. The molecule has 2 aromatic rings. The molecular weight excluding hydrogens is 450 g/mol. The van der Waals surface area contributed by atoms with Gasteiger partial charge in [0, 0.05) is 36.5 Å². The lowest BCUT2D eigenvalue weighted by Crippen LogP contribution is -2.20. The number of carbonyl (C=O) groups excluding carboxylic acids is 1. The first kappa shape index (κ1) is 25.8. The second-order valence-corrected chi connectivity index (χ2v) is 10.4. The van der Waals surface area contributed by atoms with Gasteiger partial charge in [0.2, 0.25) is 0 Å². The van der Waals surface area contributed by atoms with E-state index in [1.807, 2.05) is 59.7 Å². The molecule has 33 heavy (non-hydrogen) atoms. The van der Waals surface area contributed by atoms with Crippen LogP contribution in [0, 0.1) is 0 Å². The molecule has 0 aliphatic carbocycles. The van der Waals surface area contributed by atoms with E-state index in [1.165, 1.54) is 37.0 Å². The first-order valence-corrected chi connectivity index (χ1v) is 14.1. The van der Waals surface area contributed by atoms with E-state index in [2.05, 4.69) is 29.7 Å². The number of ether oxygens (including phenoxy) is 1. The Bertz CT molecular complexity index is 870. The fourth-order valence-corrected chi connectivity index (χ4v) is 5.05. The molecule has 1 aliphatic rings. The molecule has 5 nitrogen and oxygen atoms in total. The molecule has 1 amide bonds. The summed E-state index contributed by atoms with van der Waals surface area (Å²) in [5.74, 6) is 1.83. The Labute approximate surface area is 207 Å². The number of nitrogens with zero attached hydrogens (tertiary/aromatic N) is 1. The van der Waals surface area contributed by atoms with Gasteiger partial charge in [-0.05, 0) is 61.5 Å². The van der Waals surface area contributed by atoms with Gasteiger partial charge in [-0.1, -0.05) is 44.6 Å². The van der Waals surface area contributed by atoms with Crippen LogP contribution in [-0.4, -0.2) is 44.2 Å². The highest BCUT2D eigenvalue weighted by molar-refractivity contribution is 8.00. The van der Waals surface area contributed by atoms with Gasteiger partial charge in [-0.15, -0.1) is 11.8 Å². The van der Waals surface area contributed by atoms with Crippen molar-refractivity contribution in [1.82, 2.24) is 5.32 Å². The van der Waals surface area contributed by atoms with E-state index in [0.29, 0.717) is 5.56 Å². The van der Waals surface area contributed by atoms with Crippen LogP contribution in [-0.2, 0) is 0 Å². The van der Waals surface area contributed by atoms with Gasteiger partial charge in [-0.25, -0.2) is 0 Å². The standard InChI is InChI=1S/C26H37N3O2S2/c1-4-5-6-7-8-17-33-23-12-9-20(10-13-23)28-26(30)24-14-11-21(18-25(24)29(2)32-3)31-22-15-16-27-19-22/h9-14,18,22,27H,4-8,15-17,19H2,1-3H3,(H,28,30).